The van der Waals surface area contributed by atoms with Gasteiger partial charge < -0.3 is 24.1 Å². The van der Waals surface area contributed by atoms with E-state index in [-0.39, 0.29) is 30.0 Å². The Balaban J connectivity index is 0.00000320. The Hall–Kier alpha value is -0.840. The number of furan rings is 1. The highest BCUT2D eigenvalue weighted by molar-refractivity contribution is 14.0. The van der Waals surface area contributed by atoms with E-state index in [9.17, 15) is 0 Å². The normalized spacial score (nSPS) is 21.5. The molecule has 2 aliphatic rings. The van der Waals surface area contributed by atoms with Crippen molar-refractivity contribution >= 4 is 29.9 Å². The summed E-state index contributed by atoms with van der Waals surface area (Å²) in [6.45, 7) is 10.1. The molecule has 0 aliphatic carbocycles. The third-order valence-electron chi connectivity index (χ3n) is 5.82. The van der Waals surface area contributed by atoms with Crippen molar-refractivity contribution < 1.29 is 13.9 Å². The predicted octanol–water partition coefficient (Wildman–Crippen LogP) is 3.38. The topological polar surface area (TPSA) is 62.5 Å². The molecule has 1 aromatic heterocycles. The van der Waals surface area contributed by atoms with Crippen molar-refractivity contribution in [3.05, 3.63) is 24.2 Å². The number of likely N-dealkylation sites (tertiary alicyclic amines) is 2. The molecular formula is C22H39IN4O3. The van der Waals surface area contributed by atoms with Crippen molar-refractivity contribution in [2.75, 3.05) is 66.2 Å². The van der Waals surface area contributed by atoms with Crippen LogP contribution < -0.4 is 5.32 Å². The summed E-state index contributed by atoms with van der Waals surface area (Å²) in [5.41, 5.74) is 0. The zero-order chi connectivity index (χ0) is 20.3. The van der Waals surface area contributed by atoms with Crippen molar-refractivity contribution in [3.8, 4) is 0 Å². The molecule has 2 saturated heterocycles. The Morgan fingerprint density at radius 3 is 2.80 bits per heavy atom. The van der Waals surface area contributed by atoms with Crippen LogP contribution in [0, 0.1) is 5.92 Å². The van der Waals surface area contributed by atoms with E-state index in [0.29, 0.717) is 19.1 Å². The molecule has 3 heterocycles. The fourth-order valence-corrected chi connectivity index (χ4v) is 4.25. The van der Waals surface area contributed by atoms with Gasteiger partial charge in [-0.25, -0.2) is 0 Å². The lowest BCUT2D eigenvalue weighted by atomic mass is 10.1. The van der Waals surface area contributed by atoms with Gasteiger partial charge in [-0.1, -0.05) is 6.42 Å². The second-order valence-corrected chi connectivity index (χ2v) is 7.99. The minimum atomic E-state index is 0. The largest absolute Gasteiger partial charge is 0.468 e. The van der Waals surface area contributed by atoms with E-state index in [0.717, 1.165) is 64.0 Å². The number of ether oxygens (including phenoxy) is 2. The molecule has 2 unspecified atom stereocenters. The second kappa shape index (κ2) is 14.3. The Morgan fingerprint density at radius 2 is 2.10 bits per heavy atom. The fourth-order valence-electron chi connectivity index (χ4n) is 4.25. The van der Waals surface area contributed by atoms with Gasteiger partial charge in [-0.2, -0.15) is 0 Å². The van der Waals surface area contributed by atoms with E-state index in [4.69, 9.17) is 18.9 Å². The molecule has 1 aromatic rings. The number of guanidine groups is 1. The van der Waals surface area contributed by atoms with Gasteiger partial charge in [0, 0.05) is 32.7 Å². The molecule has 3 rings (SSSR count). The van der Waals surface area contributed by atoms with Gasteiger partial charge in [0.15, 0.2) is 5.96 Å². The van der Waals surface area contributed by atoms with Gasteiger partial charge in [0.1, 0.15) is 5.76 Å². The first kappa shape index (κ1) is 25.4. The fraction of sp³-hybridized carbons (Fsp3) is 0.773. The van der Waals surface area contributed by atoms with Crippen molar-refractivity contribution in [3.63, 3.8) is 0 Å². The maximum atomic E-state index is 5.78. The number of halogens is 1. The molecule has 0 saturated carbocycles. The molecule has 2 aliphatic heterocycles. The van der Waals surface area contributed by atoms with Crippen LogP contribution in [0.1, 0.15) is 44.4 Å². The summed E-state index contributed by atoms with van der Waals surface area (Å²) >= 11 is 0. The van der Waals surface area contributed by atoms with E-state index in [1.807, 2.05) is 6.07 Å². The molecule has 7 nitrogen and oxygen atoms in total. The minimum absolute atomic E-state index is 0. The van der Waals surface area contributed by atoms with E-state index >= 15 is 0 Å². The van der Waals surface area contributed by atoms with Crippen LogP contribution in [0.25, 0.3) is 0 Å². The Kier molecular flexibility index (Phi) is 12.1. The highest BCUT2D eigenvalue weighted by atomic mass is 127. The van der Waals surface area contributed by atoms with E-state index in [1.165, 1.54) is 19.3 Å². The van der Waals surface area contributed by atoms with Crippen LogP contribution >= 0.6 is 24.0 Å². The lowest BCUT2D eigenvalue weighted by molar-refractivity contribution is 0.0536. The van der Waals surface area contributed by atoms with Crippen LogP contribution in [0.5, 0.6) is 0 Å². The molecule has 8 heteroatoms. The van der Waals surface area contributed by atoms with Gasteiger partial charge in [0.05, 0.1) is 38.7 Å². The number of nitrogens with one attached hydrogen (secondary N) is 1. The summed E-state index contributed by atoms with van der Waals surface area (Å²) in [7, 11) is 1.71. The van der Waals surface area contributed by atoms with Crippen molar-refractivity contribution in [2.24, 2.45) is 10.9 Å². The summed E-state index contributed by atoms with van der Waals surface area (Å²) < 4.78 is 16.6. The summed E-state index contributed by atoms with van der Waals surface area (Å²) in [6.07, 6.45) is 6.77. The average molecular weight is 534 g/mol. The molecule has 0 bridgehead atoms. The number of rotatable bonds is 10. The van der Waals surface area contributed by atoms with Crippen molar-refractivity contribution in [2.45, 2.75) is 38.6 Å². The zero-order valence-electron chi connectivity index (χ0n) is 18.6. The number of methoxy groups -OCH3 is 1. The van der Waals surface area contributed by atoms with Crippen LogP contribution in [-0.2, 0) is 9.47 Å². The van der Waals surface area contributed by atoms with Crippen LogP contribution in [0.4, 0.5) is 0 Å². The molecule has 1 N–H and O–H groups in total. The second-order valence-electron chi connectivity index (χ2n) is 7.99. The van der Waals surface area contributed by atoms with Gasteiger partial charge in [-0.05, 0) is 51.4 Å². The average Bonchev–Trinajstić information content (AvgIpc) is 3.44. The van der Waals surface area contributed by atoms with E-state index < -0.39 is 0 Å². The molecule has 0 amide bonds. The molecular weight excluding hydrogens is 495 g/mol. The summed E-state index contributed by atoms with van der Waals surface area (Å²) in [5.74, 6) is 2.59. The first-order valence-electron chi connectivity index (χ1n) is 11.2. The van der Waals surface area contributed by atoms with Crippen molar-refractivity contribution in [1.82, 2.24) is 15.1 Å². The van der Waals surface area contributed by atoms with E-state index in [2.05, 4.69) is 28.1 Å². The smallest absolute Gasteiger partial charge is 0.193 e. The number of piperidine rings is 1. The highest BCUT2D eigenvalue weighted by Gasteiger charge is 2.27. The molecule has 2 atom stereocenters. The van der Waals surface area contributed by atoms with Gasteiger partial charge in [-0.3, -0.25) is 9.89 Å². The predicted molar refractivity (Wildman–Crippen MR) is 131 cm³/mol. The summed E-state index contributed by atoms with van der Waals surface area (Å²) in [4.78, 5) is 9.95. The number of hydrogen-bond acceptors (Lipinski definition) is 5. The molecule has 0 radical (unpaired) electrons. The molecule has 2 fully saturated rings. The van der Waals surface area contributed by atoms with Gasteiger partial charge in [0.25, 0.3) is 0 Å². The summed E-state index contributed by atoms with van der Waals surface area (Å²) in [5, 5.41) is 3.49. The number of nitrogens with zero attached hydrogens (tertiary/aromatic N) is 3. The molecule has 172 valence electrons. The Bertz CT molecular complexity index is 593. The monoisotopic (exact) mass is 534 g/mol. The summed E-state index contributed by atoms with van der Waals surface area (Å²) in [6, 6.07) is 4.29. The zero-order valence-corrected chi connectivity index (χ0v) is 20.9. The Labute approximate surface area is 198 Å². The lowest BCUT2D eigenvalue weighted by Crippen LogP contribution is -2.41. The van der Waals surface area contributed by atoms with Crippen molar-refractivity contribution in [1.29, 1.82) is 0 Å². The van der Waals surface area contributed by atoms with Crippen LogP contribution in [-0.4, -0.2) is 82.0 Å². The number of aliphatic imine (C=N–C) groups is 1. The molecule has 0 spiro atoms. The SMILES string of the molecule is CCNC(=NCC(c1ccco1)N1CCCCC1)N1CCC(COCCOC)C1.I. The highest BCUT2D eigenvalue weighted by Crippen LogP contribution is 2.26. The first-order chi connectivity index (χ1) is 14.3. The lowest BCUT2D eigenvalue weighted by Gasteiger charge is -2.33. The van der Waals surface area contributed by atoms with Crippen LogP contribution in [0.15, 0.2) is 27.8 Å². The third-order valence-corrected chi connectivity index (χ3v) is 5.82. The van der Waals surface area contributed by atoms with Gasteiger partial charge in [0.2, 0.25) is 0 Å². The standard InChI is InChI=1S/C22H38N4O3.HI/c1-3-23-22(26-12-9-19(17-26)18-28-15-14-27-2)24-16-20(21-8-7-13-29-21)25-10-5-4-6-11-25;/h7-8,13,19-20H,3-6,9-12,14-18H2,1-2H3,(H,23,24);1H. The van der Waals surface area contributed by atoms with Crippen LogP contribution in [0.3, 0.4) is 0 Å². The maximum Gasteiger partial charge on any atom is 0.193 e. The first-order valence-corrected chi connectivity index (χ1v) is 11.2. The van der Waals surface area contributed by atoms with Gasteiger partial charge >= 0.3 is 0 Å². The quantitative estimate of drug-likeness (QED) is 0.215. The minimum Gasteiger partial charge on any atom is -0.468 e. The Morgan fingerprint density at radius 1 is 1.27 bits per heavy atom. The third kappa shape index (κ3) is 7.69. The number of hydrogen-bond donors (Lipinski definition) is 1. The maximum absolute atomic E-state index is 5.78. The molecule has 0 aromatic carbocycles. The van der Waals surface area contributed by atoms with Gasteiger partial charge in [-0.15, -0.1) is 24.0 Å². The van der Waals surface area contributed by atoms with Crippen LogP contribution in [0.2, 0.25) is 0 Å². The molecule has 30 heavy (non-hydrogen) atoms. The van der Waals surface area contributed by atoms with E-state index in [1.54, 1.807) is 13.4 Å².